The van der Waals surface area contributed by atoms with Crippen LogP contribution in [0.3, 0.4) is 0 Å². The number of rotatable bonds is 35. The summed E-state index contributed by atoms with van der Waals surface area (Å²) in [5.74, 6) is 0. The van der Waals surface area contributed by atoms with Gasteiger partial charge in [0.05, 0.1) is 131 Å². The highest BCUT2D eigenvalue weighted by Crippen LogP contribution is 2.37. The summed E-state index contributed by atoms with van der Waals surface area (Å²) in [7, 11) is -2.50. The fourth-order valence-electron chi connectivity index (χ4n) is 8.99. The SMILES string of the molecule is CCC1(COCC2(CC)COC2)COC1.CCC1(COCc2ccc(COCC3(CC)COC3)cc2)COC1.CCCCNC(=O)OCC1(CC)COC1.CCO[Si](CCCOCC1(CC)COC1)(OCC)OCC. The van der Waals surface area contributed by atoms with E-state index >= 15 is 0 Å². The van der Waals surface area contributed by atoms with Gasteiger partial charge < -0.3 is 70.7 Å². The summed E-state index contributed by atoms with van der Waals surface area (Å²) in [6, 6.07) is 9.36. The first-order valence-corrected chi connectivity index (χ1v) is 30.9. The first kappa shape index (κ1) is 65.7. The molecule has 6 fully saturated rings. The van der Waals surface area contributed by atoms with Gasteiger partial charge in [0.2, 0.25) is 0 Å². The normalized spacial score (nSPS) is 20.7. The number of hydrogen-bond donors (Lipinski definition) is 1. The van der Waals surface area contributed by atoms with Gasteiger partial charge in [-0.3, -0.25) is 0 Å². The van der Waals surface area contributed by atoms with E-state index < -0.39 is 8.80 Å². The van der Waals surface area contributed by atoms with Crippen molar-refractivity contribution in [3.8, 4) is 0 Å². The number of ether oxygens (including phenoxy) is 11. The van der Waals surface area contributed by atoms with E-state index in [2.05, 4.69) is 78.0 Å². The molecular formula is C58H105NO15Si. The zero-order valence-electron chi connectivity index (χ0n) is 48.7. The molecule has 0 spiro atoms. The van der Waals surface area contributed by atoms with Crippen LogP contribution in [0.4, 0.5) is 4.79 Å². The number of unbranched alkanes of at least 4 members (excludes halogenated alkanes) is 1. The number of nitrogens with one attached hydrogen (secondary N) is 1. The number of carbonyl (C=O) groups excluding carboxylic acids is 1. The molecule has 0 radical (unpaired) electrons. The Morgan fingerprint density at radius 1 is 0.453 bits per heavy atom. The van der Waals surface area contributed by atoms with Crippen LogP contribution in [0.15, 0.2) is 24.3 Å². The zero-order valence-corrected chi connectivity index (χ0v) is 49.7. The summed E-state index contributed by atoms with van der Waals surface area (Å²) in [5.41, 5.74) is 3.92. The van der Waals surface area contributed by atoms with Crippen molar-refractivity contribution in [1.82, 2.24) is 5.32 Å². The summed E-state index contributed by atoms with van der Waals surface area (Å²) in [5, 5.41) is 2.73. The van der Waals surface area contributed by atoms with Gasteiger partial charge in [0.25, 0.3) is 0 Å². The van der Waals surface area contributed by atoms with Gasteiger partial charge in [-0.25, -0.2) is 4.79 Å². The fourth-order valence-corrected chi connectivity index (χ4v) is 11.6. The summed E-state index contributed by atoms with van der Waals surface area (Å²) in [6.45, 7) is 40.3. The Morgan fingerprint density at radius 3 is 1.07 bits per heavy atom. The summed E-state index contributed by atoms with van der Waals surface area (Å²) in [6.07, 6.45) is 9.34. The van der Waals surface area contributed by atoms with E-state index in [1.54, 1.807) is 0 Å². The standard InChI is InChI=1S/C20H30O4.C15H32O5Si.C12H22O3.C11H21NO3/c1-3-19(13-23-14-19)11-21-9-17-5-7-18(8-6-17)10-22-12-20(4-2)15-24-16-20;1-5-15(13-17-14-15)12-16-10-9-11-21(18-6-2,19-7-3)20-8-4;1-3-11(5-13-6-11)9-15-10-12(4-2)7-14-8-12;1-3-5-6-12-10(13)15-9-11(4-2)7-14-8-11/h5-8H,3-4,9-16H2,1-2H3;5-14H2,1-4H3;3-10H2,1-2H3;3-9H2,1-2H3,(H,12,13). The van der Waals surface area contributed by atoms with Crippen LogP contribution in [-0.2, 0) is 78.6 Å². The van der Waals surface area contributed by atoms with Gasteiger partial charge in [0, 0.05) is 66.1 Å². The van der Waals surface area contributed by atoms with Crippen molar-refractivity contribution in [3.05, 3.63) is 35.4 Å². The molecule has 6 heterocycles. The second kappa shape index (κ2) is 34.4. The van der Waals surface area contributed by atoms with Gasteiger partial charge in [-0.2, -0.15) is 0 Å². The molecule has 1 aromatic rings. The van der Waals surface area contributed by atoms with E-state index in [1.807, 2.05) is 20.8 Å². The van der Waals surface area contributed by atoms with Crippen LogP contribution < -0.4 is 5.32 Å². The minimum Gasteiger partial charge on any atom is -0.449 e. The first-order valence-electron chi connectivity index (χ1n) is 29.0. The maximum absolute atomic E-state index is 11.2. The molecule has 6 aliphatic heterocycles. The van der Waals surface area contributed by atoms with E-state index in [0.717, 1.165) is 170 Å². The van der Waals surface area contributed by atoms with Gasteiger partial charge >= 0.3 is 14.9 Å². The lowest BCUT2D eigenvalue weighted by atomic mass is 9.83. The average Bonchev–Trinajstić information content (AvgIpc) is 3.34. The van der Waals surface area contributed by atoms with Gasteiger partial charge in [-0.15, -0.1) is 0 Å². The van der Waals surface area contributed by atoms with Crippen molar-refractivity contribution in [2.24, 2.45) is 32.5 Å². The molecule has 0 aromatic heterocycles. The van der Waals surface area contributed by atoms with Crippen LogP contribution in [0.5, 0.6) is 0 Å². The van der Waals surface area contributed by atoms with Crippen molar-refractivity contribution in [2.45, 2.75) is 146 Å². The van der Waals surface area contributed by atoms with Crippen LogP contribution in [0.25, 0.3) is 0 Å². The molecule has 7 rings (SSSR count). The Morgan fingerprint density at radius 2 is 0.773 bits per heavy atom. The Labute approximate surface area is 454 Å². The summed E-state index contributed by atoms with van der Waals surface area (Å²) < 4.78 is 77.8. The largest absolute Gasteiger partial charge is 0.501 e. The lowest BCUT2D eigenvalue weighted by molar-refractivity contribution is -0.187. The van der Waals surface area contributed by atoms with Crippen molar-refractivity contribution < 1.29 is 70.2 Å². The predicted octanol–water partition coefficient (Wildman–Crippen LogP) is 10.2. The van der Waals surface area contributed by atoms with Crippen molar-refractivity contribution in [1.29, 1.82) is 0 Å². The Kier molecular flexibility index (Phi) is 30.1. The van der Waals surface area contributed by atoms with Crippen LogP contribution in [0, 0.1) is 32.5 Å². The Balaban J connectivity index is 0.000000221. The van der Waals surface area contributed by atoms with Crippen molar-refractivity contribution in [2.75, 3.05) is 152 Å². The fraction of sp³-hybridized carbons (Fsp3) is 0.879. The minimum absolute atomic E-state index is 0.0854. The maximum atomic E-state index is 11.2. The number of hydrogen-bond acceptors (Lipinski definition) is 15. The van der Waals surface area contributed by atoms with Gasteiger partial charge in [0.1, 0.15) is 6.61 Å². The molecule has 6 aliphatic rings. The molecular weight excluding hydrogens is 979 g/mol. The number of benzene rings is 1. The summed E-state index contributed by atoms with van der Waals surface area (Å²) >= 11 is 0. The molecule has 436 valence electrons. The highest BCUT2D eigenvalue weighted by Gasteiger charge is 2.43. The predicted molar refractivity (Wildman–Crippen MR) is 293 cm³/mol. The van der Waals surface area contributed by atoms with Crippen molar-refractivity contribution >= 4 is 14.9 Å². The molecule has 17 heteroatoms. The third-order valence-corrected chi connectivity index (χ3v) is 19.3. The monoisotopic (exact) mass is 1080 g/mol. The van der Waals surface area contributed by atoms with E-state index in [4.69, 9.17) is 65.4 Å². The van der Waals surface area contributed by atoms with E-state index in [1.165, 1.54) is 11.1 Å². The molecule has 75 heavy (non-hydrogen) atoms. The topological polar surface area (TPSA) is 158 Å². The molecule has 1 aromatic carbocycles. The molecule has 6 saturated heterocycles. The first-order chi connectivity index (χ1) is 36.3. The lowest BCUT2D eigenvalue weighted by Gasteiger charge is -2.44. The van der Waals surface area contributed by atoms with Crippen LogP contribution >= 0.6 is 0 Å². The third kappa shape index (κ3) is 21.3. The second-order valence-corrected chi connectivity index (χ2v) is 25.1. The zero-order chi connectivity index (χ0) is 54.4. The molecule has 0 bridgehead atoms. The average molecular weight is 1080 g/mol. The maximum Gasteiger partial charge on any atom is 0.501 e. The van der Waals surface area contributed by atoms with Crippen LogP contribution in [-0.4, -0.2) is 167 Å². The Bertz CT molecular complexity index is 1530. The number of alkyl carbamates (subject to hydrolysis) is 1. The quantitative estimate of drug-likeness (QED) is 0.0505. The highest BCUT2D eigenvalue weighted by molar-refractivity contribution is 6.60. The number of carbonyl (C=O) groups is 1. The van der Waals surface area contributed by atoms with Crippen LogP contribution in [0.2, 0.25) is 6.04 Å². The van der Waals surface area contributed by atoms with Gasteiger partial charge in [-0.1, -0.05) is 79.2 Å². The second-order valence-electron chi connectivity index (χ2n) is 22.4. The molecule has 16 nitrogen and oxygen atoms in total. The Hall–Kier alpha value is -1.81. The smallest absolute Gasteiger partial charge is 0.449 e. The van der Waals surface area contributed by atoms with Gasteiger partial charge in [0.15, 0.2) is 0 Å². The molecule has 0 unspecified atom stereocenters. The molecule has 1 amide bonds. The molecule has 0 aliphatic carbocycles. The summed E-state index contributed by atoms with van der Waals surface area (Å²) in [4.78, 5) is 11.2. The van der Waals surface area contributed by atoms with E-state index in [0.29, 0.717) is 70.2 Å². The van der Waals surface area contributed by atoms with Crippen LogP contribution in [0.1, 0.15) is 138 Å². The van der Waals surface area contributed by atoms with Gasteiger partial charge in [-0.05, 0) is 83.3 Å². The third-order valence-electron chi connectivity index (χ3n) is 16.2. The van der Waals surface area contributed by atoms with E-state index in [9.17, 15) is 4.79 Å². The van der Waals surface area contributed by atoms with E-state index in [-0.39, 0.29) is 27.8 Å². The highest BCUT2D eigenvalue weighted by atomic mass is 28.4. The lowest BCUT2D eigenvalue weighted by Crippen LogP contribution is -2.49. The molecule has 0 atom stereocenters. The van der Waals surface area contributed by atoms with Crippen molar-refractivity contribution in [3.63, 3.8) is 0 Å². The molecule has 0 saturated carbocycles. The number of amides is 1. The molecule has 1 N–H and O–H groups in total. The minimum atomic E-state index is -2.50.